The third kappa shape index (κ3) is 5.48. The third-order valence-electron chi connectivity index (χ3n) is 4.46. The Morgan fingerprint density at radius 1 is 1.12 bits per heavy atom. The zero-order valence-corrected chi connectivity index (χ0v) is 16.4. The van der Waals surface area contributed by atoms with Crippen molar-refractivity contribution in [1.29, 1.82) is 0 Å². The van der Waals surface area contributed by atoms with Gasteiger partial charge in [-0.15, -0.1) is 0 Å². The standard InChI is InChI=1S/C21H27ClN2O2/c1-4-24(5-2)19(17-11-7-8-12-18(17)22)14-23-21(25)15-26-20-13-9-6-10-16(20)3/h6-13,19H,4-5,14-15H2,1-3H3,(H,23,25)/t19-/m0/s1. The quantitative estimate of drug-likeness (QED) is 0.714. The average molecular weight is 375 g/mol. The fourth-order valence-electron chi connectivity index (χ4n) is 2.97. The number of para-hydroxylation sites is 1. The zero-order valence-electron chi connectivity index (χ0n) is 15.7. The molecule has 0 spiro atoms. The second kappa shape index (κ2) is 10.2. The maximum Gasteiger partial charge on any atom is 0.258 e. The Balaban J connectivity index is 1.99. The number of aryl methyl sites for hydroxylation is 1. The monoisotopic (exact) mass is 374 g/mol. The summed E-state index contributed by atoms with van der Waals surface area (Å²) in [6.07, 6.45) is 0. The van der Waals surface area contributed by atoms with Crippen molar-refractivity contribution in [3.05, 3.63) is 64.7 Å². The van der Waals surface area contributed by atoms with Crippen molar-refractivity contribution in [1.82, 2.24) is 10.2 Å². The van der Waals surface area contributed by atoms with Gasteiger partial charge in [0, 0.05) is 11.6 Å². The van der Waals surface area contributed by atoms with E-state index in [-0.39, 0.29) is 18.6 Å². The van der Waals surface area contributed by atoms with Crippen molar-refractivity contribution >= 4 is 17.5 Å². The number of rotatable bonds is 9. The predicted molar refractivity (Wildman–Crippen MR) is 107 cm³/mol. The molecule has 0 aliphatic carbocycles. The third-order valence-corrected chi connectivity index (χ3v) is 4.81. The molecular weight excluding hydrogens is 348 g/mol. The number of ether oxygens (including phenoxy) is 1. The van der Waals surface area contributed by atoms with Crippen LogP contribution >= 0.6 is 11.6 Å². The number of carbonyl (C=O) groups excluding carboxylic acids is 1. The Morgan fingerprint density at radius 3 is 2.42 bits per heavy atom. The fourth-order valence-corrected chi connectivity index (χ4v) is 3.23. The number of nitrogens with one attached hydrogen (secondary N) is 1. The Kier molecular flexibility index (Phi) is 7.95. The summed E-state index contributed by atoms with van der Waals surface area (Å²) in [6, 6.07) is 15.5. The van der Waals surface area contributed by atoms with Crippen LogP contribution in [0.25, 0.3) is 0 Å². The summed E-state index contributed by atoms with van der Waals surface area (Å²) in [5, 5.41) is 3.70. The van der Waals surface area contributed by atoms with Gasteiger partial charge in [-0.3, -0.25) is 9.69 Å². The van der Waals surface area contributed by atoms with Crippen molar-refractivity contribution in [3.8, 4) is 5.75 Å². The number of hydrogen-bond donors (Lipinski definition) is 1. The van der Waals surface area contributed by atoms with Gasteiger partial charge in [-0.25, -0.2) is 0 Å². The minimum Gasteiger partial charge on any atom is -0.484 e. The van der Waals surface area contributed by atoms with Gasteiger partial charge in [-0.1, -0.05) is 61.8 Å². The van der Waals surface area contributed by atoms with E-state index >= 15 is 0 Å². The SMILES string of the molecule is CCN(CC)[C@@H](CNC(=O)COc1ccccc1C)c1ccccc1Cl. The highest BCUT2D eigenvalue weighted by molar-refractivity contribution is 6.31. The highest BCUT2D eigenvalue weighted by Gasteiger charge is 2.21. The van der Waals surface area contributed by atoms with Gasteiger partial charge >= 0.3 is 0 Å². The second-order valence-corrected chi connectivity index (χ2v) is 6.52. The smallest absolute Gasteiger partial charge is 0.258 e. The van der Waals surface area contributed by atoms with Crippen molar-refractivity contribution in [2.45, 2.75) is 26.8 Å². The van der Waals surface area contributed by atoms with Crippen LogP contribution in [-0.4, -0.2) is 37.0 Å². The lowest BCUT2D eigenvalue weighted by atomic mass is 10.0. The van der Waals surface area contributed by atoms with E-state index in [0.29, 0.717) is 6.54 Å². The van der Waals surface area contributed by atoms with Crippen molar-refractivity contribution in [2.24, 2.45) is 0 Å². The average Bonchev–Trinajstić information content (AvgIpc) is 2.65. The molecule has 1 atom stereocenters. The topological polar surface area (TPSA) is 41.6 Å². The number of halogens is 1. The van der Waals surface area contributed by atoms with Gasteiger partial charge in [0.15, 0.2) is 6.61 Å². The van der Waals surface area contributed by atoms with Gasteiger partial charge in [0.2, 0.25) is 0 Å². The van der Waals surface area contributed by atoms with Crippen LogP contribution < -0.4 is 10.1 Å². The van der Waals surface area contributed by atoms with Gasteiger partial charge in [0.1, 0.15) is 5.75 Å². The molecule has 0 saturated heterocycles. The van der Waals surface area contributed by atoms with Crippen LogP contribution in [0.4, 0.5) is 0 Å². The minimum atomic E-state index is -0.141. The van der Waals surface area contributed by atoms with Gasteiger partial charge in [-0.05, 0) is 43.3 Å². The summed E-state index contributed by atoms with van der Waals surface area (Å²) in [4.78, 5) is 14.5. The van der Waals surface area contributed by atoms with E-state index in [9.17, 15) is 4.79 Å². The molecule has 4 nitrogen and oxygen atoms in total. The molecule has 0 radical (unpaired) electrons. The summed E-state index contributed by atoms with van der Waals surface area (Å²) < 4.78 is 5.62. The van der Waals surface area contributed by atoms with Crippen molar-refractivity contribution in [3.63, 3.8) is 0 Å². The Labute approximate surface area is 161 Å². The van der Waals surface area contributed by atoms with Crippen LogP contribution in [0.1, 0.15) is 31.0 Å². The van der Waals surface area contributed by atoms with Gasteiger partial charge in [-0.2, -0.15) is 0 Å². The first-order valence-corrected chi connectivity index (χ1v) is 9.38. The molecule has 2 rings (SSSR count). The molecule has 0 saturated carbocycles. The van der Waals surface area contributed by atoms with E-state index in [4.69, 9.17) is 16.3 Å². The van der Waals surface area contributed by atoms with E-state index in [2.05, 4.69) is 24.1 Å². The molecule has 5 heteroatoms. The summed E-state index contributed by atoms with van der Waals surface area (Å²) in [7, 11) is 0. The van der Waals surface area contributed by atoms with Gasteiger partial charge in [0.25, 0.3) is 5.91 Å². The van der Waals surface area contributed by atoms with Crippen molar-refractivity contribution in [2.75, 3.05) is 26.2 Å². The first kappa shape index (κ1) is 20.3. The molecule has 0 aromatic heterocycles. The number of carbonyl (C=O) groups is 1. The minimum absolute atomic E-state index is 0.00164. The lowest BCUT2D eigenvalue weighted by Gasteiger charge is -2.30. The predicted octanol–water partition coefficient (Wildman–Crippen LogP) is 4.23. The molecule has 0 aliphatic heterocycles. The van der Waals surface area contributed by atoms with E-state index < -0.39 is 0 Å². The van der Waals surface area contributed by atoms with E-state index in [1.807, 2.05) is 55.5 Å². The summed E-state index contributed by atoms with van der Waals surface area (Å²) in [6.45, 7) is 8.41. The van der Waals surface area contributed by atoms with Crippen LogP contribution in [0.5, 0.6) is 5.75 Å². The van der Waals surface area contributed by atoms with E-state index in [0.717, 1.165) is 35.0 Å². The molecular formula is C21H27ClN2O2. The number of nitrogens with zero attached hydrogens (tertiary/aromatic N) is 1. The summed E-state index contributed by atoms with van der Waals surface area (Å²) in [5.41, 5.74) is 2.04. The van der Waals surface area contributed by atoms with E-state index in [1.54, 1.807) is 0 Å². The fraction of sp³-hybridized carbons (Fsp3) is 0.381. The molecule has 26 heavy (non-hydrogen) atoms. The molecule has 0 bridgehead atoms. The number of hydrogen-bond acceptors (Lipinski definition) is 3. The lowest BCUT2D eigenvalue weighted by molar-refractivity contribution is -0.123. The van der Waals surface area contributed by atoms with Crippen LogP contribution in [0, 0.1) is 6.92 Å². The van der Waals surface area contributed by atoms with Crippen molar-refractivity contribution < 1.29 is 9.53 Å². The molecule has 1 amide bonds. The van der Waals surface area contributed by atoms with Crippen LogP contribution in [0.3, 0.4) is 0 Å². The normalized spacial score (nSPS) is 12.0. The van der Waals surface area contributed by atoms with E-state index in [1.165, 1.54) is 0 Å². The highest BCUT2D eigenvalue weighted by atomic mass is 35.5. The number of amides is 1. The molecule has 0 unspecified atom stereocenters. The zero-order chi connectivity index (χ0) is 18.9. The molecule has 2 aromatic carbocycles. The number of likely N-dealkylation sites (N-methyl/N-ethyl adjacent to an activating group) is 1. The maximum atomic E-state index is 12.3. The first-order chi connectivity index (χ1) is 12.6. The highest BCUT2D eigenvalue weighted by Crippen LogP contribution is 2.27. The molecule has 0 aliphatic rings. The first-order valence-electron chi connectivity index (χ1n) is 9.00. The molecule has 0 fully saturated rings. The molecule has 140 valence electrons. The van der Waals surface area contributed by atoms with Gasteiger partial charge in [0.05, 0.1) is 6.04 Å². The van der Waals surface area contributed by atoms with Gasteiger partial charge < -0.3 is 10.1 Å². The molecule has 1 N–H and O–H groups in total. The summed E-state index contributed by atoms with van der Waals surface area (Å²) >= 11 is 6.39. The molecule has 0 heterocycles. The second-order valence-electron chi connectivity index (χ2n) is 6.12. The Hall–Kier alpha value is -2.04. The maximum absolute atomic E-state index is 12.3. The Bertz CT molecular complexity index is 717. The lowest BCUT2D eigenvalue weighted by Crippen LogP contribution is -2.39. The number of benzene rings is 2. The van der Waals surface area contributed by atoms with Crippen LogP contribution in [0.2, 0.25) is 5.02 Å². The van der Waals surface area contributed by atoms with Crippen LogP contribution in [0.15, 0.2) is 48.5 Å². The van der Waals surface area contributed by atoms with Crippen LogP contribution in [-0.2, 0) is 4.79 Å². The summed E-state index contributed by atoms with van der Waals surface area (Å²) in [5.74, 6) is 0.589. The molecule has 2 aromatic rings. The largest absolute Gasteiger partial charge is 0.484 e. The Morgan fingerprint density at radius 2 is 1.77 bits per heavy atom.